The van der Waals surface area contributed by atoms with Crippen LogP contribution in [0.2, 0.25) is 15.1 Å². The molecule has 0 bridgehead atoms. The second kappa shape index (κ2) is 6.97. The predicted molar refractivity (Wildman–Crippen MR) is 92.1 cm³/mol. The molecule has 0 radical (unpaired) electrons. The Bertz CT molecular complexity index is 829. The quantitative estimate of drug-likeness (QED) is 0.775. The van der Waals surface area contributed by atoms with E-state index in [0.29, 0.717) is 10.7 Å². The molecule has 2 aromatic carbocycles. The van der Waals surface area contributed by atoms with Crippen LogP contribution in [0.4, 0.5) is 5.69 Å². The van der Waals surface area contributed by atoms with Gasteiger partial charge in [0.15, 0.2) is 9.84 Å². The number of halogens is 3. The van der Waals surface area contributed by atoms with Crippen LogP contribution in [0.3, 0.4) is 0 Å². The zero-order chi connectivity index (χ0) is 17.2. The number of anilines is 1. The average Bonchev–Trinajstić information content (AvgIpc) is 2.45. The minimum Gasteiger partial charge on any atom is -0.295 e. The van der Waals surface area contributed by atoms with E-state index in [4.69, 9.17) is 34.8 Å². The lowest BCUT2D eigenvalue weighted by Gasteiger charge is -2.12. The highest BCUT2D eigenvalue weighted by molar-refractivity contribution is 7.90. The molecule has 1 amide bonds. The number of carbonyl (C=O) groups excluding carboxylic acids is 1. The Hall–Kier alpha value is -1.47. The van der Waals surface area contributed by atoms with E-state index in [2.05, 4.69) is 10.9 Å². The molecule has 0 spiro atoms. The summed E-state index contributed by atoms with van der Waals surface area (Å²) in [7, 11) is -3.31. The lowest BCUT2D eigenvalue weighted by atomic mass is 10.2. The third-order valence-electron chi connectivity index (χ3n) is 2.85. The zero-order valence-electron chi connectivity index (χ0n) is 11.7. The van der Waals surface area contributed by atoms with Crippen molar-refractivity contribution in [3.8, 4) is 0 Å². The molecule has 0 aliphatic rings. The smallest absolute Gasteiger partial charge is 0.269 e. The van der Waals surface area contributed by atoms with Gasteiger partial charge in [-0.1, -0.05) is 34.8 Å². The van der Waals surface area contributed by atoms with E-state index in [-0.39, 0.29) is 20.5 Å². The summed E-state index contributed by atoms with van der Waals surface area (Å²) in [5.41, 5.74) is 5.61. The van der Waals surface area contributed by atoms with E-state index in [1.54, 1.807) is 0 Å². The summed E-state index contributed by atoms with van der Waals surface area (Å²) >= 11 is 17.8. The van der Waals surface area contributed by atoms with Crippen LogP contribution in [0, 0.1) is 0 Å². The van der Waals surface area contributed by atoms with Gasteiger partial charge in [0.2, 0.25) is 0 Å². The minimum absolute atomic E-state index is 0.130. The average molecular weight is 394 g/mol. The number of amides is 1. The van der Waals surface area contributed by atoms with Crippen LogP contribution in [0.25, 0.3) is 0 Å². The van der Waals surface area contributed by atoms with Gasteiger partial charge in [-0.3, -0.25) is 15.6 Å². The van der Waals surface area contributed by atoms with E-state index in [9.17, 15) is 13.2 Å². The molecule has 0 aliphatic carbocycles. The van der Waals surface area contributed by atoms with Crippen LogP contribution in [0.1, 0.15) is 10.4 Å². The number of sulfone groups is 1. The number of hydrazine groups is 1. The minimum atomic E-state index is -3.31. The van der Waals surface area contributed by atoms with Gasteiger partial charge in [0.25, 0.3) is 5.91 Å². The van der Waals surface area contributed by atoms with Gasteiger partial charge in [-0.05, 0) is 36.4 Å². The van der Waals surface area contributed by atoms with Crippen molar-refractivity contribution in [2.45, 2.75) is 4.90 Å². The largest absolute Gasteiger partial charge is 0.295 e. The number of nitrogens with one attached hydrogen (secondary N) is 2. The molecular formula is C14H11Cl3N2O3S. The van der Waals surface area contributed by atoms with Gasteiger partial charge in [-0.25, -0.2) is 8.42 Å². The van der Waals surface area contributed by atoms with E-state index in [0.717, 1.165) is 6.26 Å². The van der Waals surface area contributed by atoms with E-state index >= 15 is 0 Å². The maximum Gasteiger partial charge on any atom is 0.269 e. The van der Waals surface area contributed by atoms with Crippen LogP contribution in [-0.2, 0) is 9.84 Å². The van der Waals surface area contributed by atoms with Crippen molar-refractivity contribution in [1.82, 2.24) is 5.43 Å². The van der Waals surface area contributed by atoms with Gasteiger partial charge < -0.3 is 0 Å². The van der Waals surface area contributed by atoms with Crippen molar-refractivity contribution in [2.75, 3.05) is 11.7 Å². The Morgan fingerprint density at radius 1 is 1.00 bits per heavy atom. The summed E-state index contributed by atoms with van der Waals surface area (Å²) in [4.78, 5) is 12.2. The third-order valence-corrected chi connectivity index (χ3v) is 4.80. The van der Waals surface area contributed by atoms with E-state index < -0.39 is 15.7 Å². The fraction of sp³-hybridized carbons (Fsp3) is 0.0714. The van der Waals surface area contributed by atoms with Crippen LogP contribution < -0.4 is 10.9 Å². The molecule has 2 aromatic rings. The first-order chi connectivity index (χ1) is 10.7. The molecular weight excluding hydrogens is 383 g/mol. The number of benzene rings is 2. The Balaban J connectivity index is 2.11. The Morgan fingerprint density at radius 3 is 2.00 bits per heavy atom. The first kappa shape index (κ1) is 17.9. The van der Waals surface area contributed by atoms with Gasteiger partial charge in [0.05, 0.1) is 20.6 Å². The highest BCUT2D eigenvalue weighted by Crippen LogP contribution is 2.33. The van der Waals surface area contributed by atoms with E-state index in [1.165, 1.54) is 36.4 Å². The molecule has 0 aromatic heterocycles. The van der Waals surface area contributed by atoms with Gasteiger partial charge in [0.1, 0.15) is 0 Å². The molecule has 9 heteroatoms. The number of hydrogen-bond acceptors (Lipinski definition) is 4. The van der Waals surface area contributed by atoms with Crippen LogP contribution in [-0.4, -0.2) is 20.6 Å². The number of hydrogen-bond donors (Lipinski definition) is 2. The summed E-state index contributed by atoms with van der Waals surface area (Å²) in [5, 5.41) is 0.860. The Labute approximate surface area is 148 Å². The summed E-state index contributed by atoms with van der Waals surface area (Å²) in [6.07, 6.45) is 1.09. The number of rotatable bonds is 4. The highest BCUT2D eigenvalue weighted by atomic mass is 35.5. The van der Waals surface area contributed by atoms with Crippen molar-refractivity contribution in [1.29, 1.82) is 0 Å². The molecule has 2 N–H and O–H groups in total. The van der Waals surface area contributed by atoms with Gasteiger partial charge in [-0.15, -0.1) is 0 Å². The van der Waals surface area contributed by atoms with Crippen LogP contribution in [0.5, 0.6) is 0 Å². The van der Waals surface area contributed by atoms with Crippen LogP contribution >= 0.6 is 34.8 Å². The molecule has 0 atom stereocenters. The lowest BCUT2D eigenvalue weighted by molar-refractivity contribution is 0.0962. The lowest BCUT2D eigenvalue weighted by Crippen LogP contribution is -2.29. The Morgan fingerprint density at radius 2 is 1.52 bits per heavy atom. The standard InChI is InChI=1S/C14H11Cl3N2O3S/c1-23(21,22)10-4-2-8(3-5-10)14(20)19-18-13-11(16)6-9(15)7-12(13)17/h2-7,18H,1H3,(H,19,20). The number of carbonyl (C=O) groups is 1. The maximum absolute atomic E-state index is 12.0. The SMILES string of the molecule is CS(=O)(=O)c1ccc(C(=O)NNc2c(Cl)cc(Cl)cc2Cl)cc1. The molecule has 0 unspecified atom stereocenters. The van der Waals surface area contributed by atoms with Crippen molar-refractivity contribution in [3.05, 3.63) is 57.0 Å². The normalized spacial score (nSPS) is 11.1. The van der Waals surface area contributed by atoms with Gasteiger partial charge in [0, 0.05) is 16.8 Å². The zero-order valence-corrected chi connectivity index (χ0v) is 14.8. The second-order valence-electron chi connectivity index (χ2n) is 4.62. The summed E-state index contributed by atoms with van der Waals surface area (Å²) in [6.45, 7) is 0. The van der Waals surface area contributed by atoms with Crippen molar-refractivity contribution in [2.24, 2.45) is 0 Å². The fourth-order valence-electron chi connectivity index (χ4n) is 1.71. The van der Waals surface area contributed by atoms with Crippen LogP contribution in [0.15, 0.2) is 41.3 Å². The summed E-state index contributed by atoms with van der Waals surface area (Å²) in [6, 6.07) is 8.46. The van der Waals surface area contributed by atoms with Gasteiger partial charge >= 0.3 is 0 Å². The van der Waals surface area contributed by atoms with E-state index in [1.807, 2.05) is 0 Å². The van der Waals surface area contributed by atoms with Crippen molar-refractivity contribution >= 4 is 56.2 Å². The first-order valence-corrected chi connectivity index (χ1v) is 9.22. The molecule has 122 valence electrons. The molecule has 0 saturated heterocycles. The third kappa shape index (κ3) is 4.51. The molecule has 0 saturated carbocycles. The molecule has 23 heavy (non-hydrogen) atoms. The maximum atomic E-state index is 12.0. The molecule has 5 nitrogen and oxygen atoms in total. The summed E-state index contributed by atoms with van der Waals surface area (Å²) < 4.78 is 22.7. The molecule has 0 heterocycles. The summed E-state index contributed by atoms with van der Waals surface area (Å²) in [5.74, 6) is -0.480. The highest BCUT2D eigenvalue weighted by Gasteiger charge is 2.12. The topological polar surface area (TPSA) is 75.3 Å². The van der Waals surface area contributed by atoms with Crippen molar-refractivity contribution in [3.63, 3.8) is 0 Å². The van der Waals surface area contributed by atoms with Gasteiger partial charge in [-0.2, -0.15) is 0 Å². The van der Waals surface area contributed by atoms with Crippen molar-refractivity contribution < 1.29 is 13.2 Å². The molecule has 0 fully saturated rings. The molecule has 0 aliphatic heterocycles. The fourth-order valence-corrected chi connectivity index (χ4v) is 3.25. The second-order valence-corrected chi connectivity index (χ2v) is 7.89. The first-order valence-electron chi connectivity index (χ1n) is 6.19. The predicted octanol–water partition coefficient (Wildman–Crippen LogP) is 3.81. The molecule has 2 rings (SSSR count). The monoisotopic (exact) mass is 392 g/mol. The Kier molecular flexibility index (Phi) is 5.41.